The molecule has 0 aromatic carbocycles. The molecule has 0 bridgehead atoms. The van der Waals surface area contributed by atoms with E-state index in [-0.39, 0.29) is 0 Å². The van der Waals surface area contributed by atoms with Crippen molar-refractivity contribution in [3.8, 4) is 0 Å². The third-order valence-electron chi connectivity index (χ3n) is 3.08. The number of aryl methyl sites for hydroxylation is 2. The Labute approximate surface area is 111 Å². The SMILES string of the molecule is Cc1csc(CCNc2nc(C)cn2C2CC2)n1. The first kappa shape index (κ1) is 11.7. The summed E-state index contributed by atoms with van der Waals surface area (Å²) in [5, 5.41) is 6.73. The highest BCUT2D eigenvalue weighted by Gasteiger charge is 2.26. The van der Waals surface area contributed by atoms with Crippen molar-refractivity contribution in [2.75, 3.05) is 11.9 Å². The Hall–Kier alpha value is -1.36. The number of imidazole rings is 1. The Balaban J connectivity index is 1.59. The Morgan fingerprint density at radius 3 is 2.83 bits per heavy atom. The van der Waals surface area contributed by atoms with Crippen LogP contribution in [0.2, 0.25) is 0 Å². The molecule has 0 aliphatic heterocycles. The molecule has 0 amide bonds. The molecule has 3 rings (SSSR count). The summed E-state index contributed by atoms with van der Waals surface area (Å²) >= 11 is 1.73. The van der Waals surface area contributed by atoms with Gasteiger partial charge in [-0.3, -0.25) is 0 Å². The summed E-state index contributed by atoms with van der Waals surface area (Å²) in [6.45, 7) is 4.99. The first-order chi connectivity index (χ1) is 8.72. The van der Waals surface area contributed by atoms with Crippen molar-refractivity contribution in [1.29, 1.82) is 0 Å². The molecule has 1 aliphatic rings. The third-order valence-corrected chi connectivity index (χ3v) is 4.11. The lowest BCUT2D eigenvalue weighted by atomic mass is 10.4. The fourth-order valence-electron chi connectivity index (χ4n) is 2.08. The minimum absolute atomic E-state index is 0.677. The van der Waals surface area contributed by atoms with E-state index in [1.165, 1.54) is 17.8 Å². The normalized spacial score (nSPS) is 15.0. The summed E-state index contributed by atoms with van der Waals surface area (Å²) < 4.78 is 2.28. The molecule has 1 fully saturated rings. The lowest BCUT2D eigenvalue weighted by Crippen LogP contribution is -2.09. The quantitative estimate of drug-likeness (QED) is 0.901. The van der Waals surface area contributed by atoms with Crippen molar-refractivity contribution in [3.63, 3.8) is 0 Å². The van der Waals surface area contributed by atoms with Crippen LogP contribution in [-0.4, -0.2) is 21.1 Å². The zero-order valence-electron chi connectivity index (χ0n) is 10.8. The largest absolute Gasteiger partial charge is 0.355 e. The highest BCUT2D eigenvalue weighted by Crippen LogP contribution is 2.37. The number of hydrogen-bond donors (Lipinski definition) is 1. The summed E-state index contributed by atoms with van der Waals surface area (Å²) in [6, 6.07) is 0.677. The second-order valence-electron chi connectivity index (χ2n) is 4.90. The number of aromatic nitrogens is 3. The Morgan fingerprint density at radius 1 is 1.33 bits per heavy atom. The van der Waals surface area contributed by atoms with Gasteiger partial charge in [0.15, 0.2) is 0 Å². The molecule has 96 valence electrons. The van der Waals surface area contributed by atoms with Crippen LogP contribution >= 0.6 is 11.3 Å². The van der Waals surface area contributed by atoms with Crippen LogP contribution < -0.4 is 5.32 Å². The minimum Gasteiger partial charge on any atom is -0.355 e. The smallest absolute Gasteiger partial charge is 0.203 e. The standard InChI is InChI=1S/C13H18N4S/c1-9-7-17(11-3-4-11)13(16-9)14-6-5-12-15-10(2)8-18-12/h7-8,11H,3-6H2,1-2H3,(H,14,16). The molecule has 0 unspecified atom stereocenters. The molecule has 5 heteroatoms. The molecule has 0 saturated heterocycles. The van der Waals surface area contributed by atoms with Crippen LogP contribution in [0.1, 0.15) is 35.3 Å². The number of hydrogen-bond acceptors (Lipinski definition) is 4. The predicted octanol–water partition coefficient (Wildman–Crippen LogP) is 2.95. The van der Waals surface area contributed by atoms with Gasteiger partial charge in [0.1, 0.15) is 0 Å². The lowest BCUT2D eigenvalue weighted by molar-refractivity contribution is 0.741. The zero-order valence-corrected chi connectivity index (χ0v) is 11.6. The van der Waals surface area contributed by atoms with Crippen LogP contribution in [-0.2, 0) is 6.42 Å². The number of anilines is 1. The van der Waals surface area contributed by atoms with Gasteiger partial charge in [0.25, 0.3) is 0 Å². The van der Waals surface area contributed by atoms with Gasteiger partial charge < -0.3 is 9.88 Å². The molecule has 2 aromatic rings. The van der Waals surface area contributed by atoms with Crippen molar-refractivity contribution in [2.45, 2.75) is 39.2 Å². The molecule has 1 aliphatic carbocycles. The van der Waals surface area contributed by atoms with Crippen molar-refractivity contribution in [3.05, 3.63) is 28.0 Å². The van der Waals surface area contributed by atoms with E-state index in [0.717, 1.165) is 30.3 Å². The molecular weight excluding hydrogens is 244 g/mol. The first-order valence-corrected chi connectivity index (χ1v) is 7.30. The minimum atomic E-state index is 0.677. The van der Waals surface area contributed by atoms with Crippen molar-refractivity contribution in [2.24, 2.45) is 0 Å². The fraction of sp³-hybridized carbons (Fsp3) is 0.538. The van der Waals surface area contributed by atoms with Crippen LogP contribution in [0.25, 0.3) is 0 Å². The molecule has 18 heavy (non-hydrogen) atoms. The van der Waals surface area contributed by atoms with E-state index >= 15 is 0 Å². The number of thiazole rings is 1. The van der Waals surface area contributed by atoms with Crippen molar-refractivity contribution in [1.82, 2.24) is 14.5 Å². The van der Waals surface area contributed by atoms with E-state index < -0.39 is 0 Å². The van der Waals surface area contributed by atoms with Gasteiger partial charge in [-0.05, 0) is 26.7 Å². The van der Waals surface area contributed by atoms with Crippen LogP contribution in [0, 0.1) is 13.8 Å². The average molecular weight is 262 g/mol. The Morgan fingerprint density at radius 2 is 2.17 bits per heavy atom. The van der Waals surface area contributed by atoms with E-state index in [0.29, 0.717) is 6.04 Å². The van der Waals surface area contributed by atoms with Crippen LogP contribution in [0.3, 0.4) is 0 Å². The predicted molar refractivity (Wildman–Crippen MR) is 74.3 cm³/mol. The van der Waals surface area contributed by atoms with Crippen LogP contribution in [0.15, 0.2) is 11.6 Å². The molecular formula is C13H18N4S. The van der Waals surface area contributed by atoms with Gasteiger partial charge in [-0.1, -0.05) is 0 Å². The van der Waals surface area contributed by atoms with E-state index in [2.05, 4.69) is 31.4 Å². The summed E-state index contributed by atoms with van der Waals surface area (Å²) in [4.78, 5) is 9.01. The fourth-order valence-corrected chi connectivity index (χ4v) is 2.85. The summed E-state index contributed by atoms with van der Waals surface area (Å²) in [5.74, 6) is 1.02. The van der Waals surface area contributed by atoms with Gasteiger partial charge in [-0.25, -0.2) is 9.97 Å². The number of nitrogens with one attached hydrogen (secondary N) is 1. The lowest BCUT2D eigenvalue weighted by Gasteiger charge is -2.07. The van der Waals surface area contributed by atoms with Gasteiger partial charge in [-0.15, -0.1) is 11.3 Å². The van der Waals surface area contributed by atoms with Crippen LogP contribution in [0.4, 0.5) is 5.95 Å². The van der Waals surface area contributed by atoms with Gasteiger partial charge in [0.05, 0.1) is 10.7 Å². The molecule has 1 N–H and O–H groups in total. The number of rotatable bonds is 5. The summed E-state index contributed by atoms with van der Waals surface area (Å²) in [7, 11) is 0. The first-order valence-electron chi connectivity index (χ1n) is 6.43. The van der Waals surface area contributed by atoms with Crippen molar-refractivity contribution >= 4 is 17.3 Å². The van der Waals surface area contributed by atoms with Crippen LogP contribution in [0.5, 0.6) is 0 Å². The maximum atomic E-state index is 4.54. The van der Waals surface area contributed by atoms with Crippen molar-refractivity contribution < 1.29 is 0 Å². The molecule has 2 aromatic heterocycles. The highest BCUT2D eigenvalue weighted by molar-refractivity contribution is 7.09. The monoisotopic (exact) mass is 262 g/mol. The summed E-state index contributed by atoms with van der Waals surface area (Å²) in [5.41, 5.74) is 2.21. The van der Waals surface area contributed by atoms with E-state index in [1.807, 2.05) is 13.8 Å². The topological polar surface area (TPSA) is 42.7 Å². The molecule has 0 radical (unpaired) electrons. The molecule has 0 atom stereocenters. The molecule has 2 heterocycles. The molecule has 1 saturated carbocycles. The van der Waals surface area contributed by atoms with E-state index in [1.54, 1.807) is 11.3 Å². The maximum absolute atomic E-state index is 4.54. The maximum Gasteiger partial charge on any atom is 0.203 e. The summed E-state index contributed by atoms with van der Waals surface area (Å²) in [6.07, 6.45) is 5.69. The second kappa shape index (κ2) is 4.72. The Bertz CT molecular complexity index is 539. The van der Waals surface area contributed by atoms with Gasteiger partial charge in [0.2, 0.25) is 5.95 Å². The average Bonchev–Trinajstić information content (AvgIpc) is 3.00. The Kier molecular flexibility index (Phi) is 3.07. The third kappa shape index (κ3) is 2.56. The zero-order chi connectivity index (χ0) is 12.5. The van der Waals surface area contributed by atoms with Gasteiger partial charge >= 0.3 is 0 Å². The van der Waals surface area contributed by atoms with E-state index in [4.69, 9.17) is 0 Å². The second-order valence-corrected chi connectivity index (χ2v) is 5.85. The molecule has 0 spiro atoms. The van der Waals surface area contributed by atoms with E-state index in [9.17, 15) is 0 Å². The highest BCUT2D eigenvalue weighted by atomic mass is 32.1. The van der Waals surface area contributed by atoms with Gasteiger partial charge in [-0.2, -0.15) is 0 Å². The van der Waals surface area contributed by atoms with Gasteiger partial charge in [0, 0.05) is 36.3 Å². The molecule has 4 nitrogen and oxygen atoms in total. The number of nitrogens with zero attached hydrogens (tertiary/aromatic N) is 3.